The third-order valence-electron chi connectivity index (χ3n) is 2.43. The summed E-state index contributed by atoms with van der Waals surface area (Å²) < 4.78 is 27.6. The Morgan fingerprint density at radius 1 is 1.06 bits per heavy atom. The number of carbonyl (C=O) groups is 1. The molecule has 0 fully saturated rings. The van der Waals surface area contributed by atoms with Crippen molar-refractivity contribution in [3.8, 4) is 0 Å². The number of rotatable bonds is 2. The van der Waals surface area contributed by atoms with Crippen molar-refractivity contribution in [1.82, 2.24) is 0 Å². The van der Waals surface area contributed by atoms with Crippen LogP contribution in [0.4, 0.5) is 0 Å². The summed E-state index contributed by atoms with van der Waals surface area (Å²) >= 11 is 0. The van der Waals surface area contributed by atoms with Crippen molar-refractivity contribution in [2.45, 2.75) is 11.8 Å². The average molecular weight is 261 g/mol. The van der Waals surface area contributed by atoms with E-state index in [1.807, 2.05) is 0 Å². The molecule has 0 N–H and O–H groups in total. The second-order valence-electron chi connectivity index (χ2n) is 3.83. The van der Waals surface area contributed by atoms with E-state index in [0.717, 1.165) is 0 Å². The summed E-state index contributed by atoms with van der Waals surface area (Å²) in [6, 6.07) is 7.96. The Morgan fingerprint density at radius 3 is 2.33 bits per heavy atom. The summed E-state index contributed by atoms with van der Waals surface area (Å²) in [7, 11) is -3.72. The molecule has 0 saturated carbocycles. The molecule has 0 aliphatic heterocycles. The first-order valence-corrected chi connectivity index (χ1v) is 6.74. The normalized spacial score (nSPS) is 17.9. The van der Waals surface area contributed by atoms with Crippen LogP contribution in [0.1, 0.15) is 6.92 Å². The molecule has 5 heteroatoms. The Balaban J connectivity index is 2.41. The first kappa shape index (κ1) is 12.4. The lowest BCUT2D eigenvalue weighted by atomic mass is 10.1. The number of carbonyl (C=O) groups excluding carboxylic acids is 1. The van der Waals surface area contributed by atoms with E-state index in [1.165, 1.54) is 30.4 Å². The van der Waals surface area contributed by atoms with Crippen LogP contribution in [0.25, 0.3) is 0 Å². The number of nitrogens with zero attached hydrogens (tertiary/aromatic N) is 1. The van der Waals surface area contributed by atoms with Gasteiger partial charge in [-0.05, 0) is 42.9 Å². The van der Waals surface area contributed by atoms with Crippen molar-refractivity contribution >= 4 is 21.5 Å². The third-order valence-corrected chi connectivity index (χ3v) is 3.74. The van der Waals surface area contributed by atoms with Crippen LogP contribution < -0.4 is 0 Å². The van der Waals surface area contributed by atoms with E-state index in [4.69, 9.17) is 0 Å². The molecule has 18 heavy (non-hydrogen) atoms. The van der Waals surface area contributed by atoms with Crippen molar-refractivity contribution in [1.29, 1.82) is 0 Å². The number of sulfonamides is 1. The van der Waals surface area contributed by atoms with Gasteiger partial charge in [0.15, 0.2) is 5.78 Å². The van der Waals surface area contributed by atoms with Crippen LogP contribution in [0.2, 0.25) is 0 Å². The SMILES string of the molecule is CC1=C/C(=N\S(=O)(=O)c2ccccc2)C=CC1=O. The van der Waals surface area contributed by atoms with Crippen molar-refractivity contribution in [2.24, 2.45) is 4.40 Å². The van der Waals surface area contributed by atoms with Crippen LogP contribution in [0.5, 0.6) is 0 Å². The lowest BCUT2D eigenvalue weighted by Gasteiger charge is -2.04. The van der Waals surface area contributed by atoms with E-state index in [9.17, 15) is 13.2 Å². The summed E-state index contributed by atoms with van der Waals surface area (Å²) in [5, 5.41) is 0. The Morgan fingerprint density at radius 2 is 1.72 bits per heavy atom. The van der Waals surface area contributed by atoms with Gasteiger partial charge in [-0.2, -0.15) is 12.8 Å². The highest BCUT2D eigenvalue weighted by Gasteiger charge is 2.14. The molecule has 0 amide bonds. The molecule has 0 spiro atoms. The number of ketones is 1. The number of hydrogen-bond donors (Lipinski definition) is 0. The van der Waals surface area contributed by atoms with Gasteiger partial charge in [0.05, 0.1) is 10.6 Å². The molecule has 1 aliphatic carbocycles. The van der Waals surface area contributed by atoms with Gasteiger partial charge >= 0.3 is 0 Å². The fourth-order valence-corrected chi connectivity index (χ4v) is 2.47. The van der Waals surface area contributed by atoms with Crippen LogP contribution in [0.15, 0.2) is 63.4 Å². The van der Waals surface area contributed by atoms with Crippen LogP contribution in [0.3, 0.4) is 0 Å². The highest BCUT2D eigenvalue weighted by molar-refractivity contribution is 7.90. The Kier molecular flexibility index (Phi) is 3.25. The van der Waals surface area contributed by atoms with Gasteiger partial charge in [-0.15, -0.1) is 0 Å². The maximum atomic E-state index is 12.0. The molecule has 0 aromatic heterocycles. The van der Waals surface area contributed by atoms with Crippen LogP contribution in [0, 0.1) is 0 Å². The number of allylic oxidation sites excluding steroid dienone is 4. The predicted molar refractivity (Wildman–Crippen MR) is 69.0 cm³/mol. The minimum Gasteiger partial charge on any atom is -0.290 e. The van der Waals surface area contributed by atoms with Crippen LogP contribution in [-0.2, 0) is 14.8 Å². The fourth-order valence-electron chi connectivity index (χ4n) is 1.47. The standard InChI is InChI=1S/C13H11NO3S/c1-10-9-11(7-8-13(10)15)14-18(16,17)12-5-3-2-4-6-12/h2-9H,1H3/b14-11-. The Hall–Kier alpha value is -2.01. The van der Waals surface area contributed by atoms with Gasteiger partial charge in [0.1, 0.15) is 0 Å². The lowest BCUT2D eigenvalue weighted by molar-refractivity contribution is -0.111. The van der Waals surface area contributed by atoms with Gasteiger partial charge in [-0.25, -0.2) is 0 Å². The molecular weight excluding hydrogens is 250 g/mol. The number of benzene rings is 1. The van der Waals surface area contributed by atoms with Gasteiger partial charge in [0.25, 0.3) is 10.0 Å². The van der Waals surface area contributed by atoms with Gasteiger partial charge in [0.2, 0.25) is 0 Å². The molecular formula is C13H11NO3S. The minimum absolute atomic E-state index is 0.133. The smallest absolute Gasteiger partial charge is 0.282 e. The highest BCUT2D eigenvalue weighted by atomic mass is 32.2. The Labute approximate surface area is 105 Å². The van der Waals surface area contributed by atoms with Crippen molar-refractivity contribution in [2.75, 3.05) is 0 Å². The fraction of sp³-hybridized carbons (Fsp3) is 0.0769. The monoisotopic (exact) mass is 261 g/mol. The van der Waals surface area contributed by atoms with Gasteiger partial charge in [-0.1, -0.05) is 18.2 Å². The minimum atomic E-state index is -3.72. The van der Waals surface area contributed by atoms with E-state index in [-0.39, 0.29) is 16.4 Å². The van der Waals surface area contributed by atoms with E-state index < -0.39 is 10.0 Å². The van der Waals surface area contributed by atoms with Gasteiger partial charge in [0, 0.05) is 0 Å². The summed E-state index contributed by atoms with van der Waals surface area (Å²) in [5.41, 5.74) is 0.732. The zero-order valence-corrected chi connectivity index (χ0v) is 10.5. The number of hydrogen-bond acceptors (Lipinski definition) is 3. The first-order chi connectivity index (χ1) is 8.49. The van der Waals surface area contributed by atoms with E-state index in [1.54, 1.807) is 25.1 Å². The van der Waals surface area contributed by atoms with E-state index in [2.05, 4.69) is 4.40 Å². The summed E-state index contributed by atoms with van der Waals surface area (Å²) in [6.07, 6.45) is 4.17. The summed E-state index contributed by atoms with van der Waals surface area (Å²) in [5.74, 6) is -0.133. The zero-order chi connectivity index (χ0) is 13.2. The quantitative estimate of drug-likeness (QED) is 0.764. The molecule has 0 unspecified atom stereocenters. The van der Waals surface area contributed by atoms with Crippen molar-refractivity contribution in [3.05, 3.63) is 54.1 Å². The van der Waals surface area contributed by atoms with Crippen molar-refractivity contribution < 1.29 is 13.2 Å². The molecule has 1 aliphatic rings. The molecule has 0 radical (unpaired) electrons. The van der Waals surface area contributed by atoms with Crippen LogP contribution >= 0.6 is 0 Å². The second kappa shape index (κ2) is 4.70. The van der Waals surface area contributed by atoms with Crippen molar-refractivity contribution in [3.63, 3.8) is 0 Å². The third kappa shape index (κ3) is 2.62. The van der Waals surface area contributed by atoms with Gasteiger partial charge in [-0.3, -0.25) is 4.79 Å². The molecule has 0 heterocycles. The Bertz CT molecular complexity index is 667. The molecule has 4 nitrogen and oxygen atoms in total. The maximum absolute atomic E-state index is 12.0. The summed E-state index contributed by atoms with van der Waals surface area (Å²) in [6.45, 7) is 1.62. The molecule has 1 aromatic carbocycles. The zero-order valence-electron chi connectivity index (χ0n) is 9.70. The maximum Gasteiger partial charge on any atom is 0.282 e. The summed E-state index contributed by atoms with van der Waals surface area (Å²) in [4.78, 5) is 11.3. The molecule has 1 aromatic rings. The van der Waals surface area contributed by atoms with E-state index >= 15 is 0 Å². The second-order valence-corrected chi connectivity index (χ2v) is 5.43. The lowest BCUT2D eigenvalue weighted by Crippen LogP contribution is -2.08. The molecule has 0 bridgehead atoms. The topological polar surface area (TPSA) is 63.6 Å². The predicted octanol–water partition coefficient (Wildman–Crippen LogP) is 1.90. The highest BCUT2D eigenvalue weighted by Crippen LogP contribution is 2.13. The van der Waals surface area contributed by atoms with Crippen LogP contribution in [-0.4, -0.2) is 19.9 Å². The molecule has 0 atom stereocenters. The molecule has 0 saturated heterocycles. The van der Waals surface area contributed by atoms with Gasteiger partial charge < -0.3 is 0 Å². The first-order valence-electron chi connectivity index (χ1n) is 5.30. The largest absolute Gasteiger partial charge is 0.290 e. The molecule has 92 valence electrons. The molecule has 2 rings (SSSR count). The average Bonchev–Trinajstić information content (AvgIpc) is 2.35. The van der Waals surface area contributed by atoms with E-state index in [0.29, 0.717) is 5.57 Å².